The van der Waals surface area contributed by atoms with Crippen molar-refractivity contribution in [1.29, 1.82) is 0 Å². The van der Waals surface area contributed by atoms with E-state index in [1.165, 1.54) is 0 Å². The average molecular weight is 425 g/mol. The van der Waals surface area contributed by atoms with Crippen molar-refractivity contribution in [2.45, 2.75) is 9.79 Å². The van der Waals surface area contributed by atoms with Gasteiger partial charge in [0.15, 0.2) is 5.88 Å². The SMILES string of the molecule is O=S(=O)(O)CNN=Nc1ccc2c(S(=O)(=O)O)cccc2c1S(=O)(=O)O. The van der Waals surface area contributed by atoms with Crippen molar-refractivity contribution in [2.75, 3.05) is 5.88 Å². The molecule has 26 heavy (non-hydrogen) atoms. The largest absolute Gasteiger partial charge is 0.297 e. The van der Waals surface area contributed by atoms with Gasteiger partial charge in [0.05, 0.1) is 0 Å². The second-order valence-corrected chi connectivity index (χ2v) is 9.00. The predicted molar refractivity (Wildman–Crippen MR) is 87.6 cm³/mol. The van der Waals surface area contributed by atoms with Crippen molar-refractivity contribution in [3.8, 4) is 0 Å². The van der Waals surface area contributed by atoms with Gasteiger partial charge in [-0.05, 0) is 12.1 Å². The minimum atomic E-state index is -4.91. The highest BCUT2D eigenvalue weighted by molar-refractivity contribution is 7.86. The monoisotopic (exact) mass is 425 g/mol. The second-order valence-electron chi connectivity index (χ2n) is 4.80. The summed E-state index contributed by atoms with van der Waals surface area (Å²) >= 11 is 0. The Bertz CT molecular complexity index is 1200. The average Bonchev–Trinajstić information content (AvgIpc) is 2.47. The summed E-state index contributed by atoms with van der Waals surface area (Å²) in [5, 5.41) is 6.11. The first-order chi connectivity index (χ1) is 11.8. The Kier molecular flexibility index (Phi) is 5.31. The normalized spacial score (nSPS) is 13.3. The minimum Gasteiger partial charge on any atom is -0.284 e. The standard InChI is InChI=1S/C11H11N3O9S3/c15-24(16,17)6-12-14-13-9-5-4-7-8(11(9)26(21,22)23)2-1-3-10(7)25(18,19)20/h1-5H,6H2,(H,12,13)(H,15,16,17)(H,18,19,20)(H,21,22,23). The van der Waals surface area contributed by atoms with Crippen LogP contribution in [0.2, 0.25) is 0 Å². The van der Waals surface area contributed by atoms with Crippen LogP contribution in [0.1, 0.15) is 0 Å². The molecule has 0 fully saturated rings. The van der Waals surface area contributed by atoms with Crippen LogP contribution in [-0.4, -0.2) is 44.8 Å². The molecule has 15 heteroatoms. The van der Waals surface area contributed by atoms with Crippen LogP contribution in [0.5, 0.6) is 0 Å². The first kappa shape index (κ1) is 20.1. The molecular weight excluding hydrogens is 414 g/mol. The maximum Gasteiger partial charge on any atom is 0.297 e. The number of nitrogens with zero attached hydrogens (tertiary/aromatic N) is 2. The van der Waals surface area contributed by atoms with Crippen LogP contribution in [-0.2, 0) is 30.4 Å². The van der Waals surface area contributed by atoms with Crippen LogP contribution < -0.4 is 5.43 Å². The van der Waals surface area contributed by atoms with E-state index < -0.39 is 51.7 Å². The third-order valence-electron chi connectivity index (χ3n) is 2.96. The van der Waals surface area contributed by atoms with Gasteiger partial charge in [-0.15, -0.1) is 5.11 Å². The summed E-state index contributed by atoms with van der Waals surface area (Å²) in [6.07, 6.45) is 0. The highest BCUT2D eigenvalue weighted by Gasteiger charge is 2.23. The Morgan fingerprint density at radius 2 is 1.50 bits per heavy atom. The highest BCUT2D eigenvalue weighted by atomic mass is 32.2. The molecule has 0 radical (unpaired) electrons. The van der Waals surface area contributed by atoms with E-state index in [-0.39, 0.29) is 10.8 Å². The van der Waals surface area contributed by atoms with Crippen molar-refractivity contribution in [2.24, 2.45) is 10.3 Å². The van der Waals surface area contributed by atoms with Gasteiger partial charge in [0.1, 0.15) is 15.5 Å². The van der Waals surface area contributed by atoms with Crippen LogP contribution in [0.15, 0.2) is 50.5 Å². The fourth-order valence-electron chi connectivity index (χ4n) is 2.06. The lowest BCUT2D eigenvalue weighted by atomic mass is 10.1. The summed E-state index contributed by atoms with van der Waals surface area (Å²) in [5.41, 5.74) is 1.40. The van der Waals surface area contributed by atoms with Gasteiger partial charge in [-0.2, -0.15) is 25.3 Å². The van der Waals surface area contributed by atoms with E-state index in [9.17, 15) is 34.4 Å². The summed E-state index contributed by atoms with van der Waals surface area (Å²) in [6.45, 7) is 0. The zero-order valence-electron chi connectivity index (χ0n) is 12.5. The Labute approximate surface area is 147 Å². The van der Waals surface area contributed by atoms with Gasteiger partial charge >= 0.3 is 0 Å². The van der Waals surface area contributed by atoms with Crippen LogP contribution in [0.25, 0.3) is 10.8 Å². The van der Waals surface area contributed by atoms with Gasteiger partial charge in [-0.3, -0.25) is 19.1 Å². The van der Waals surface area contributed by atoms with Crippen molar-refractivity contribution < 1.29 is 38.9 Å². The molecule has 0 amide bonds. The molecule has 0 aliphatic heterocycles. The molecule has 0 aliphatic carbocycles. The van der Waals surface area contributed by atoms with E-state index in [0.29, 0.717) is 0 Å². The lowest BCUT2D eigenvalue weighted by Crippen LogP contribution is -2.16. The third-order valence-corrected chi connectivity index (χ3v) is 5.31. The van der Waals surface area contributed by atoms with E-state index in [1.807, 2.05) is 5.43 Å². The Morgan fingerprint density at radius 3 is 2.04 bits per heavy atom. The lowest BCUT2D eigenvalue weighted by molar-refractivity contribution is 0.475. The Morgan fingerprint density at radius 1 is 0.846 bits per heavy atom. The molecule has 2 rings (SSSR count). The van der Waals surface area contributed by atoms with E-state index in [2.05, 4.69) is 10.3 Å². The van der Waals surface area contributed by atoms with Gasteiger partial charge < -0.3 is 0 Å². The van der Waals surface area contributed by atoms with Gasteiger partial charge in [0.2, 0.25) is 0 Å². The van der Waals surface area contributed by atoms with E-state index >= 15 is 0 Å². The van der Waals surface area contributed by atoms with Crippen LogP contribution in [0, 0.1) is 0 Å². The molecule has 0 aliphatic rings. The second kappa shape index (κ2) is 6.86. The number of hydrogen-bond acceptors (Lipinski definition) is 8. The van der Waals surface area contributed by atoms with Crippen LogP contribution in [0.3, 0.4) is 0 Å². The predicted octanol–water partition coefficient (Wildman–Crippen LogP) is 0.767. The fourth-order valence-corrected chi connectivity index (χ4v) is 3.82. The molecule has 12 nitrogen and oxygen atoms in total. The lowest BCUT2D eigenvalue weighted by Gasteiger charge is -2.09. The van der Waals surface area contributed by atoms with Crippen molar-refractivity contribution in [3.05, 3.63) is 30.3 Å². The number of benzene rings is 2. The van der Waals surface area contributed by atoms with Gasteiger partial charge in [-0.25, -0.2) is 0 Å². The number of hydrogen-bond donors (Lipinski definition) is 4. The molecule has 0 atom stereocenters. The van der Waals surface area contributed by atoms with Crippen molar-refractivity contribution in [1.82, 2.24) is 5.43 Å². The summed E-state index contributed by atoms with van der Waals surface area (Å²) in [7, 11) is -14.0. The maximum atomic E-state index is 11.7. The van der Waals surface area contributed by atoms with Crippen molar-refractivity contribution in [3.63, 3.8) is 0 Å². The van der Waals surface area contributed by atoms with E-state index in [0.717, 1.165) is 30.3 Å². The quantitative estimate of drug-likeness (QED) is 0.291. The fraction of sp³-hybridized carbons (Fsp3) is 0.0909. The molecule has 0 bridgehead atoms. The zero-order valence-corrected chi connectivity index (χ0v) is 15.0. The van der Waals surface area contributed by atoms with Crippen LogP contribution in [0.4, 0.5) is 5.69 Å². The molecule has 0 saturated heterocycles. The molecule has 0 heterocycles. The zero-order chi connectivity index (χ0) is 19.8. The number of rotatable bonds is 6. The summed E-state index contributed by atoms with van der Waals surface area (Å²) in [5.74, 6) is -1.00. The summed E-state index contributed by atoms with van der Waals surface area (Å²) in [6, 6.07) is 5.43. The van der Waals surface area contributed by atoms with Gasteiger partial charge in [0.25, 0.3) is 30.4 Å². The summed E-state index contributed by atoms with van der Waals surface area (Å²) < 4.78 is 94.5. The number of nitrogens with one attached hydrogen (secondary N) is 1. The van der Waals surface area contributed by atoms with E-state index in [1.54, 1.807) is 0 Å². The highest BCUT2D eigenvalue weighted by Crippen LogP contribution is 2.35. The molecule has 0 spiro atoms. The Hall–Kier alpha value is -2.17. The first-order valence-electron chi connectivity index (χ1n) is 6.40. The smallest absolute Gasteiger partial charge is 0.284 e. The molecule has 0 aromatic heterocycles. The third kappa shape index (κ3) is 4.71. The van der Waals surface area contributed by atoms with Gasteiger partial charge in [0, 0.05) is 10.8 Å². The minimum absolute atomic E-state index is 0.201. The maximum absolute atomic E-state index is 11.7. The first-order valence-corrected chi connectivity index (χ1v) is 10.9. The molecule has 2 aromatic rings. The Balaban J connectivity index is 2.69. The molecule has 2 aromatic carbocycles. The topological polar surface area (TPSA) is 200 Å². The van der Waals surface area contributed by atoms with Crippen LogP contribution >= 0.6 is 0 Å². The molecular formula is C11H11N3O9S3. The van der Waals surface area contributed by atoms with E-state index in [4.69, 9.17) is 4.55 Å². The summed E-state index contributed by atoms with van der Waals surface area (Å²) in [4.78, 5) is -1.40. The van der Waals surface area contributed by atoms with Crippen molar-refractivity contribution >= 4 is 46.8 Å². The molecule has 142 valence electrons. The molecule has 0 unspecified atom stereocenters. The molecule has 0 saturated carbocycles. The molecule has 4 N–H and O–H groups in total. The number of fused-ring (bicyclic) bond motifs is 1. The van der Waals surface area contributed by atoms with Gasteiger partial charge in [-0.1, -0.05) is 23.4 Å².